The molecule has 0 saturated heterocycles. The number of hydrogen-bond donors (Lipinski definition) is 2. The number of benzene rings is 3. The molecule has 0 aliphatic heterocycles. The van der Waals surface area contributed by atoms with E-state index in [0.29, 0.717) is 0 Å². The van der Waals surface area contributed by atoms with Gasteiger partial charge in [-0.25, -0.2) is 0 Å². The molecule has 52 heavy (non-hydrogen) atoms. The highest BCUT2D eigenvalue weighted by Gasteiger charge is 2.58. The average Bonchev–Trinajstić information content (AvgIpc) is 3.01. The summed E-state index contributed by atoms with van der Waals surface area (Å²) in [5.74, 6) is -0.781. The van der Waals surface area contributed by atoms with Gasteiger partial charge in [0.1, 0.15) is 17.1 Å². The smallest absolute Gasteiger partial charge is 0.296 e. The number of anilines is 1. The summed E-state index contributed by atoms with van der Waals surface area (Å²) in [5, 5.41) is 48.0. The SMILES string of the molecule is CC(C)(C)CC(C)(C)C1(C(C)(C)CC(C)(C)C)C=C(c2cccc(N=Nc3ccccc3[N+](=O)[O-])c2O)C(=O)/C(=N/Nc2ccccc2[N+](=O)[O-])C1. The summed E-state index contributed by atoms with van der Waals surface area (Å²) >= 11 is 0. The number of phenolic OH excluding ortho intramolecular Hbond substituents is 1. The van der Waals surface area contributed by atoms with Gasteiger partial charge in [-0.3, -0.25) is 30.4 Å². The standard InChI is InChI=1S/C40H50N6O6/c1-36(2,3)24-38(7,8)40(39(9,10)25-37(4,5)6)22-27(35(48)31(23-40)44-42-29-18-12-14-21-33(29)46(51)52)26-16-15-19-30(34(26)47)43-41-28-17-11-13-20-32(28)45(49)50/h11-22,42,47H,23-25H2,1-10H3/b43-41?,44-31+. The van der Waals surface area contributed by atoms with E-state index < -0.39 is 31.9 Å². The van der Waals surface area contributed by atoms with Crippen molar-refractivity contribution in [3.05, 3.63) is 98.6 Å². The molecule has 0 aromatic heterocycles. The Labute approximate surface area is 305 Å². The lowest BCUT2D eigenvalue weighted by molar-refractivity contribution is -0.384. The van der Waals surface area contributed by atoms with Crippen LogP contribution in [0.3, 0.4) is 0 Å². The number of ketones is 1. The second-order valence-electron chi connectivity index (χ2n) is 17.3. The molecule has 3 aromatic carbocycles. The van der Waals surface area contributed by atoms with Crippen LogP contribution in [0.1, 0.15) is 94.1 Å². The molecule has 12 nitrogen and oxygen atoms in total. The molecule has 276 valence electrons. The molecule has 1 aliphatic carbocycles. The van der Waals surface area contributed by atoms with Crippen molar-refractivity contribution < 1.29 is 19.7 Å². The second-order valence-corrected chi connectivity index (χ2v) is 17.3. The zero-order valence-corrected chi connectivity index (χ0v) is 31.8. The van der Waals surface area contributed by atoms with Crippen LogP contribution in [0, 0.1) is 47.3 Å². The van der Waals surface area contributed by atoms with Gasteiger partial charge in [0.25, 0.3) is 11.4 Å². The highest BCUT2D eigenvalue weighted by atomic mass is 16.6. The lowest BCUT2D eigenvalue weighted by Crippen LogP contribution is -2.54. The molecule has 3 aromatic rings. The molecule has 0 heterocycles. The Bertz CT molecular complexity index is 1940. The largest absolute Gasteiger partial charge is 0.505 e. The number of carbonyl (C=O) groups excluding carboxylic acids is 1. The highest BCUT2D eigenvalue weighted by molar-refractivity contribution is 6.57. The van der Waals surface area contributed by atoms with Gasteiger partial charge in [0, 0.05) is 35.1 Å². The number of Topliss-reactive ketones (excluding diaryl/α,β-unsaturated/α-hetero) is 1. The third-order valence-corrected chi connectivity index (χ3v) is 9.76. The van der Waals surface area contributed by atoms with Crippen LogP contribution in [0.5, 0.6) is 5.75 Å². The second kappa shape index (κ2) is 14.4. The minimum absolute atomic E-state index is 0.00707. The summed E-state index contributed by atoms with van der Waals surface area (Å²) < 4.78 is 0. The normalized spacial score (nSPS) is 16.2. The van der Waals surface area contributed by atoms with Gasteiger partial charge in [-0.05, 0) is 52.7 Å². The van der Waals surface area contributed by atoms with E-state index in [1.165, 1.54) is 36.4 Å². The number of nitro benzene ring substituents is 2. The summed E-state index contributed by atoms with van der Waals surface area (Å²) in [7, 11) is 0. The minimum Gasteiger partial charge on any atom is -0.505 e. The van der Waals surface area contributed by atoms with Gasteiger partial charge in [0.2, 0.25) is 5.78 Å². The molecule has 2 N–H and O–H groups in total. The van der Waals surface area contributed by atoms with Crippen molar-refractivity contribution in [2.45, 2.75) is 88.5 Å². The van der Waals surface area contributed by atoms with E-state index in [1.807, 2.05) is 6.08 Å². The van der Waals surface area contributed by atoms with E-state index in [0.717, 1.165) is 12.8 Å². The number of azo groups is 1. The maximum Gasteiger partial charge on any atom is 0.296 e. The number of phenols is 1. The lowest BCUT2D eigenvalue weighted by Gasteiger charge is -2.59. The first-order valence-corrected chi connectivity index (χ1v) is 17.3. The van der Waals surface area contributed by atoms with Crippen molar-refractivity contribution in [2.75, 3.05) is 5.43 Å². The summed E-state index contributed by atoms with van der Waals surface area (Å²) in [6, 6.07) is 16.8. The van der Waals surface area contributed by atoms with E-state index in [2.05, 4.69) is 90.0 Å². The molecule has 0 saturated carbocycles. The number of hydrazone groups is 1. The van der Waals surface area contributed by atoms with E-state index >= 15 is 0 Å². The minimum atomic E-state index is -0.735. The fraction of sp³-hybridized carbons (Fsp3) is 0.450. The van der Waals surface area contributed by atoms with E-state index in [-0.39, 0.29) is 68.3 Å². The van der Waals surface area contributed by atoms with Gasteiger partial charge in [-0.1, -0.05) is 112 Å². The van der Waals surface area contributed by atoms with Crippen molar-refractivity contribution in [3.63, 3.8) is 0 Å². The molecule has 0 unspecified atom stereocenters. The molecule has 0 atom stereocenters. The van der Waals surface area contributed by atoms with E-state index in [1.54, 1.807) is 30.3 Å². The Morgan fingerprint density at radius 3 is 1.79 bits per heavy atom. The molecule has 1 aliphatic rings. The predicted molar refractivity (Wildman–Crippen MR) is 205 cm³/mol. The number of hydrogen-bond acceptors (Lipinski definition) is 10. The number of allylic oxidation sites excluding steroid dienone is 2. The van der Waals surface area contributed by atoms with Gasteiger partial charge < -0.3 is 5.11 Å². The number of nitro groups is 2. The molecule has 0 fully saturated rings. The van der Waals surface area contributed by atoms with Crippen molar-refractivity contribution in [3.8, 4) is 5.75 Å². The number of nitrogens with zero attached hydrogens (tertiary/aromatic N) is 5. The fourth-order valence-electron chi connectivity index (χ4n) is 8.40. The zero-order chi connectivity index (χ0) is 38.9. The van der Waals surface area contributed by atoms with Gasteiger partial charge in [0.15, 0.2) is 11.4 Å². The Hall–Kier alpha value is -5.26. The van der Waals surface area contributed by atoms with Crippen molar-refractivity contribution in [1.29, 1.82) is 0 Å². The van der Waals surface area contributed by atoms with Crippen LogP contribution in [-0.2, 0) is 4.79 Å². The number of nitrogens with one attached hydrogen (secondary N) is 1. The Balaban J connectivity index is 2.01. The van der Waals surface area contributed by atoms with E-state index in [9.17, 15) is 30.1 Å². The number of carbonyl (C=O) groups is 1. The molecule has 0 radical (unpaired) electrons. The molecule has 4 rings (SSSR count). The summed E-state index contributed by atoms with van der Waals surface area (Å²) in [6.07, 6.45) is 3.78. The van der Waals surface area contributed by atoms with Crippen LogP contribution in [0.25, 0.3) is 5.57 Å². The van der Waals surface area contributed by atoms with Crippen LogP contribution >= 0.6 is 0 Å². The van der Waals surface area contributed by atoms with Crippen molar-refractivity contribution in [2.24, 2.45) is 42.4 Å². The summed E-state index contributed by atoms with van der Waals surface area (Å²) in [4.78, 5) is 37.0. The average molecular weight is 711 g/mol. The molecular weight excluding hydrogens is 660 g/mol. The summed E-state index contributed by atoms with van der Waals surface area (Å²) in [6.45, 7) is 21.9. The number of para-hydroxylation sites is 4. The highest BCUT2D eigenvalue weighted by Crippen LogP contribution is 2.64. The number of aromatic hydroxyl groups is 1. The van der Waals surface area contributed by atoms with Crippen LogP contribution in [-0.4, -0.2) is 26.4 Å². The fourth-order valence-corrected chi connectivity index (χ4v) is 8.40. The molecule has 0 bridgehead atoms. The molecule has 0 amide bonds. The molecule has 0 spiro atoms. The Kier molecular flexibility index (Phi) is 10.9. The van der Waals surface area contributed by atoms with Gasteiger partial charge in [-0.15, -0.1) is 10.2 Å². The van der Waals surface area contributed by atoms with Crippen LogP contribution < -0.4 is 5.43 Å². The van der Waals surface area contributed by atoms with Crippen molar-refractivity contribution in [1.82, 2.24) is 0 Å². The van der Waals surface area contributed by atoms with Gasteiger partial charge in [-0.2, -0.15) is 5.10 Å². The van der Waals surface area contributed by atoms with Crippen LogP contribution in [0.2, 0.25) is 0 Å². The Morgan fingerprint density at radius 2 is 1.23 bits per heavy atom. The topological polar surface area (TPSA) is 173 Å². The first-order valence-electron chi connectivity index (χ1n) is 17.3. The first kappa shape index (κ1) is 39.5. The lowest BCUT2D eigenvalue weighted by atomic mass is 9.44. The monoisotopic (exact) mass is 710 g/mol. The maximum absolute atomic E-state index is 14.6. The van der Waals surface area contributed by atoms with Crippen LogP contribution in [0.4, 0.5) is 28.4 Å². The third-order valence-electron chi connectivity index (χ3n) is 9.76. The Morgan fingerprint density at radius 1 is 0.731 bits per heavy atom. The number of rotatable bonds is 11. The van der Waals surface area contributed by atoms with Gasteiger partial charge in [0.05, 0.1) is 9.85 Å². The molecular formula is C40H50N6O6. The predicted octanol–water partition coefficient (Wildman–Crippen LogP) is 11.4. The van der Waals surface area contributed by atoms with Gasteiger partial charge >= 0.3 is 0 Å². The first-order chi connectivity index (χ1) is 24.0. The quantitative estimate of drug-likeness (QED) is 0.113. The third kappa shape index (κ3) is 8.43. The molecule has 12 heteroatoms. The zero-order valence-electron chi connectivity index (χ0n) is 31.8. The van der Waals surface area contributed by atoms with E-state index in [4.69, 9.17) is 0 Å². The van der Waals surface area contributed by atoms with Crippen molar-refractivity contribution >= 4 is 45.5 Å². The maximum atomic E-state index is 14.6. The van der Waals surface area contributed by atoms with Crippen LogP contribution in [0.15, 0.2) is 88.1 Å². The summed E-state index contributed by atoms with van der Waals surface area (Å²) in [5.41, 5.74) is 1.27.